The number of imide groups is 1. The number of ether oxygens (including phenoxy) is 5. The summed E-state index contributed by atoms with van der Waals surface area (Å²) in [4.78, 5) is 85.0. The van der Waals surface area contributed by atoms with Crippen molar-refractivity contribution in [3.63, 3.8) is 0 Å². The minimum atomic E-state index is -2.05. The van der Waals surface area contributed by atoms with Crippen LogP contribution in [-0.2, 0) is 40.6 Å². The lowest BCUT2D eigenvalue weighted by Gasteiger charge is -2.46. The molecule has 16 nitrogen and oxygen atoms in total. The number of aliphatic hydroxyl groups excluding tert-OH is 1. The number of allylic oxidation sites excluding steroid dienone is 2. The number of nitrogens with one attached hydrogen (secondary N) is 1. The third-order valence-corrected chi connectivity index (χ3v) is 16.1. The van der Waals surface area contributed by atoms with E-state index in [0.29, 0.717) is 59.1 Å². The van der Waals surface area contributed by atoms with E-state index in [1.807, 2.05) is 102 Å². The first-order valence-corrected chi connectivity index (χ1v) is 26.9. The van der Waals surface area contributed by atoms with Crippen LogP contribution in [0, 0.1) is 23.7 Å². The van der Waals surface area contributed by atoms with Crippen LogP contribution < -0.4 is 24.4 Å². The van der Waals surface area contributed by atoms with E-state index in [2.05, 4.69) is 28.1 Å². The predicted octanol–water partition coefficient (Wildman–Crippen LogP) is 7.56. The van der Waals surface area contributed by atoms with E-state index in [-0.39, 0.29) is 38.8 Å². The number of carbonyl (C=O) groups excluding carboxylic acids is 5. The Balaban J connectivity index is 1.13. The fourth-order valence-electron chi connectivity index (χ4n) is 12.4. The van der Waals surface area contributed by atoms with Crippen LogP contribution >= 0.6 is 0 Å². The standard InChI is InChI=1S/C62H63N5O11/c1-39(2)52(58(70)74-3)63-61(73)66-48-27-21-41(20-19-40-13-7-4-8-14-40)35-47(48)62(60(66)72)51(57(69)65-31-29-64(30-32-65)37-42-22-28-49-50(36-42)77-38-76-49)54-59(71)78-55(44-17-11-6-12-18-44)53(43-15-9-5-10-16-43)67(54)56(62)45-23-25-46(26-24-45)75-34-33-68/h5-6,9-13,15-18,21-28,35-36,39,51-56,68H,4,7-8,14,29-34,37-38H2,1-3H3,(H,63,73). The molecule has 3 fully saturated rings. The Morgan fingerprint density at radius 1 is 0.808 bits per heavy atom. The summed E-state index contributed by atoms with van der Waals surface area (Å²) >= 11 is 0. The van der Waals surface area contributed by atoms with Gasteiger partial charge in [-0.3, -0.25) is 24.2 Å². The van der Waals surface area contributed by atoms with Crippen molar-refractivity contribution < 1.29 is 52.8 Å². The first-order chi connectivity index (χ1) is 38.0. The van der Waals surface area contributed by atoms with Crippen molar-refractivity contribution in [2.75, 3.05) is 58.2 Å². The summed E-state index contributed by atoms with van der Waals surface area (Å²) < 4.78 is 29.0. The van der Waals surface area contributed by atoms with E-state index >= 15 is 19.2 Å². The van der Waals surface area contributed by atoms with Gasteiger partial charge in [-0.15, -0.1) is 0 Å². The van der Waals surface area contributed by atoms with Gasteiger partial charge in [-0.1, -0.05) is 111 Å². The lowest BCUT2D eigenvalue weighted by Crippen LogP contribution is -2.59. The second-order valence-corrected chi connectivity index (χ2v) is 21.0. The normalized spacial score (nSPS) is 23.9. The van der Waals surface area contributed by atoms with Crippen molar-refractivity contribution in [1.29, 1.82) is 0 Å². The maximum Gasteiger partial charge on any atom is 0.329 e. The molecule has 78 heavy (non-hydrogen) atoms. The maximum absolute atomic E-state index is 17.0. The largest absolute Gasteiger partial charge is 0.491 e. The Morgan fingerprint density at radius 3 is 2.23 bits per heavy atom. The summed E-state index contributed by atoms with van der Waals surface area (Å²) in [5, 5.41) is 12.6. The molecule has 16 heteroatoms. The summed E-state index contributed by atoms with van der Waals surface area (Å²) in [6.07, 6.45) is 5.05. The highest BCUT2D eigenvalue weighted by Gasteiger charge is 2.76. The van der Waals surface area contributed by atoms with Gasteiger partial charge >= 0.3 is 18.0 Å². The van der Waals surface area contributed by atoms with Gasteiger partial charge in [0.2, 0.25) is 18.6 Å². The monoisotopic (exact) mass is 1050 g/mol. The topological polar surface area (TPSA) is 177 Å². The molecule has 2 N–H and O–H groups in total. The molecule has 7 unspecified atom stereocenters. The number of methoxy groups -OCH3 is 1. The number of morpholine rings is 1. The molecule has 1 aliphatic carbocycles. The fraction of sp³-hybridized carbons (Fsp3) is 0.371. The van der Waals surface area contributed by atoms with Gasteiger partial charge < -0.3 is 39.0 Å². The average molecular weight is 1050 g/mol. The van der Waals surface area contributed by atoms with Crippen molar-refractivity contribution in [3.8, 4) is 29.1 Å². The second kappa shape index (κ2) is 22.2. The van der Waals surface area contributed by atoms with Crippen LogP contribution in [0.2, 0.25) is 0 Å². The Bertz CT molecular complexity index is 3190. The highest BCUT2D eigenvalue weighted by atomic mass is 16.7. The maximum atomic E-state index is 17.0. The lowest BCUT2D eigenvalue weighted by molar-refractivity contribution is -0.179. The number of amides is 4. The number of urea groups is 1. The molecule has 3 saturated heterocycles. The first kappa shape index (κ1) is 52.1. The lowest BCUT2D eigenvalue weighted by atomic mass is 9.64. The first-order valence-electron chi connectivity index (χ1n) is 26.9. The van der Waals surface area contributed by atoms with Gasteiger partial charge in [-0.05, 0) is 107 Å². The summed E-state index contributed by atoms with van der Waals surface area (Å²) in [5.41, 5.74) is 3.00. The summed E-state index contributed by atoms with van der Waals surface area (Å²) in [7, 11) is 1.24. The SMILES string of the molecule is COC(=O)C(NC(=O)N1C(=O)C2(c3cc(C#CC4=CCCCC4)ccc31)C(C(=O)N1CCN(Cc3ccc4c(c3)OCO4)CC1)C1C(=O)OC(c3ccccc3)C(c3ccccc3)N1C2c1ccc(OCCO)cc1)C(C)C. The molecule has 1 spiro atoms. The predicted molar refractivity (Wildman–Crippen MR) is 288 cm³/mol. The Morgan fingerprint density at radius 2 is 1.54 bits per heavy atom. The summed E-state index contributed by atoms with van der Waals surface area (Å²) in [5.74, 6) is 3.98. The molecule has 7 atom stereocenters. The van der Waals surface area contributed by atoms with Crippen molar-refractivity contribution in [3.05, 3.63) is 166 Å². The van der Waals surface area contributed by atoms with E-state index in [4.69, 9.17) is 23.7 Å². The van der Waals surface area contributed by atoms with Gasteiger partial charge in [-0.2, -0.15) is 0 Å². The Kier molecular flexibility index (Phi) is 14.8. The van der Waals surface area contributed by atoms with Crippen LogP contribution in [0.4, 0.5) is 10.5 Å². The second-order valence-electron chi connectivity index (χ2n) is 21.0. The number of aliphatic hydroxyl groups is 1. The van der Waals surface area contributed by atoms with Crippen LogP contribution in [-0.4, -0.2) is 115 Å². The molecule has 5 aromatic rings. The minimum Gasteiger partial charge on any atom is -0.491 e. The average Bonchev–Trinajstić information content (AvgIpc) is 4.19. The number of anilines is 1. The zero-order valence-electron chi connectivity index (χ0n) is 44.0. The third-order valence-electron chi connectivity index (χ3n) is 16.1. The van der Waals surface area contributed by atoms with Gasteiger partial charge in [-0.25, -0.2) is 14.5 Å². The Hall–Kier alpha value is -7.97. The molecule has 4 amide bonds. The zero-order chi connectivity index (χ0) is 54.1. The molecule has 6 aliphatic rings. The highest BCUT2D eigenvalue weighted by Crippen LogP contribution is 2.66. The smallest absolute Gasteiger partial charge is 0.329 e. The minimum absolute atomic E-state index is 0.0295. The molecule has 5 aromatic carbocycles. The summed E-state index contributed by atoms with van der Waals surface area (Å²) in [6, 6.07) is 31.9. The van der Waals surface area contributed by atoms with Crippen molar-refractivity contribution in [2.24, 2.45) is 11.8 Å². The van der Waals surface area contributed by atoms with E-state index in [9.17, 15) is 9.90 Å². The number of piperazine rings is 1. The van der Waals surface area contributed by atoms with E-state index < -0.39 is 77.3 Å². The molecule has 5 aliphatic heterocycles. The zero-order valence-corrected chi connectivity index (χ0v) is 44.0. The molecule has 0 aromatic heterocycles. The number of nitrogens with zero attached hydrogens (tertiary/aromatic N) is 4. The molecule has 402 valence electrons. The van der Waals surface area contributed by atoms with Gasteiger partial charge in [0.25, 0.3) is 0 Å². The number of cyclic esters (lactones) is 1. The van der Waals surface area contributed by atoms with Crippen LogP contribution in [0.5, 0.6) is 17.2 Å². The molecule has 0 saturated carbocycles. The summed E-state index contributed by atoms with van der Waals surface area (Å²) in [6.45, 7) is 5.53. The fourth-order valence-corrected chi connectivity index (χ4v) is 12.4. The molecule has 0 bridgehead atoms. The molecular weight excluding hydrogens is 991 g/mol. The van der Waals surface area contributed by atoms with Crippen LogP contribution in [0.1, 0.15) is 91.1 Å². The van der Waals surface area contributed by atoms with E-state index in [1.54, 1.807) is 43.0 Å². The molecule has 5 heterocycles. The van der Waals surface area contributed by atoms with Crippen molar-refractivity contribution in [2.45, 2.75) is 81.8 Å². The van der Waals surface area contributed by atoms with Crippen LogP contribution in [0.3, 0.4) is 0 Å². The number of rotatable bonds is 12. The number of fused-ring (bicyclic) bond motifs is 4. The number of benzene rings is 5. The molecular formula is C62H63N5O11. The highest BCUT2D eigenvalue weighted by molar-refractivity contribution is 6.25. The Labute approximate surface area is 453 Å². The third kappa shape index (κ3) is 9.54. The van der Waals surface area contributed by atoms with E-state index in [1.165, 1.54) is 7.11 Å². The van der Waals surface area contributed by atoms with Crippen molar-refractivity contribution in [1.82, 2.24) is 20.0 Å². The van der Waals surface area contributed by atoms with Gasteiger partial charge in [0.15, 0.2) is 11.5 Å². The number of carbonyl (C=O) groups is 5. The van der Waals surface area contributed by atoms with E-state index in [0.717, 1.165) is 47.3 Å². The van der Waals surface area contributed by atoms with Gasteiger partial charge in [0.1, 0.15) is 36.0 Å². The number of hydrogen-bond donors (Lipinski definition) is 2. The van der Waals surface area contributed by atoms with Gasteiger partial charge in [0, 0.05) is 38.3 Å². The van der Waals surface area contributed by atoms with Crippen LogP contribution in [0.15, 0.2) is 133 Å². The quantitative estimate of drug-likeness (QED) is 0.0926. The van der Waals surface area contributed by atoms with Crippen molar-refractivity contribution >= 4 is 35.5 Å². The molecule has 11 rings (SSSR count). The number of hydrogen-bond acceptors (Lipinski definition) is 13. The van der Waals surface area contributed by atoms with Crippen LogP contribution in [0.25, 0.3) is 0 Å². The number of esters is 2. The molecule has 0 radical (unpaired) electrons. The van der Waals surface area contributed by atoms with Gasteiger partial charge in [0.05, 0.1) is 37.4 Å².